The molecule has 8 bridgehead atoms. The van der Waals surface area contributed by atoms with Gasteiger partial charge in [-0.1, -0.05) is 97.1 Å². The van der Waals surface area contributed by atoms with E-state index in [4.69, 9.17) is 0 Å². The molecule has 200 valence electrons. The van der Waals surface area contributed by atoms with Gasteiger partial charge in [-0.3, -0.25) is 0 Å². The third-order valence-electron chi connectivity index (χ3n) is 6.46. The van der Waals surface area contributed by atoms with Gasteiger partial charge in [-0.15, -0.1) is 46.1 Å². The molecule has 0 atom stereocenters. The summed E-state index contributed by atoms with van der Waals surface area (Å²) in [4.78, 5) is 0. The van der Waals surface area contributed by atoms with Gasteiger partial charge in [-0.25, -0.2) is 0 Å². The maximum atomic E-state index is 12.7. The molecule has 0 saturated heterocycles. The van der Waals surface area contributed by atoms with Gasteiger partial charge in [0.05, 0.1) is 0 Å². The second kappa shape index (κ2) is 23.5. The van der Waals surface area contributed by atoms with Gasteiger partial charge in [-0.05, 0) is 44.5 Å². The Morgan fingerprint density at radius 3 is 0.292 bits per heavy atom. The molecule has 4 aromatic rings. The van der Waals surface area contributed by atoms with E-state index in [2.05, 4.69) is 0 Å². The van der Waals surface area contributed by atoms with Crippen LogP contribution in [-0.2, 0) is 0 Å². The van der Waals surface area contributed by atoms with Crippen LogP contribution in [-0.4, -0.2) is 0 Å². The molecular weight excluding hydrogens is 568 g/mol. The summed E-state index contributed by atoms with van der Waals surface area (Å²) in [6, 6.07) is 19.9. The van der Waals surface area contributed by atoms with Crippen LogP contribution in [0.2, 0.25) is 0 Å². The van der Waals surface area contributed by atoms with Crippen LogP contribution in [0.1, 0.15) is 44.5 Å². The summed E-state index contributed by atoms with van der Waals surface area (Å²) in [5.41, 5.74) is -0.150. The van der Waals surface area contributed by atoms with Gasteiger partial charge < -0.3 is 40.9 Å². The van der Waals surface area contributed by atoms with Crippen molar-refractivity contribution < 1.29 is 192 Å². The van der Waals surface area contributed by atoms with Crippen LogP contribution < -0.4 is 192 Å². The van der Waals surface area contributed by atoms with Gasteiger partial charge in [0.15, 0.2) is 0 Å². The Labute approximate surface area is 374 Å². The second-order valence-electron chi connectivity index (χ2n) is 8.94. The normalized spacial score (nSPS) is 18.0. The van der Waals surface area contributed by atoms with Crippen molar-refractivity contribution >= 4 is 46.1 Å². The summed E-state index contributed by atoms with van der Waals surface area (Å²) in [6.45, 7) is 0. The average Bonchev–Trinajstić information content (AvgIpc) is 3.02. The summed E-state index contributed by atoms with van der Waals surface area (Å²) in [5.74, 6) is -6.96. The fraction of sp³-hybridized carbons (Fsp3) is 0. The van der Waals surface area contributed by atoms with E-state index >= 15 is 0 Å². The first-order valence-electron chi connectivity index (χ1n) is 11.9. The van der Waals surface area contributed by atoms with Gasteiger partial charge in [0.2, 0.25) is 0 Å². The van der Waals surface area contributed by atoms with Crippen LogP contribution in [0.5, 0.6) is 0 Å². The van der Waals surface area contributed by atoms with Gasteiger partial charge >= 0.3 is 151 Å². The smallest absolute Gasteiger partial charge is 0.872 e. The molecule has 0 aliphatic heterocycles. The zero-order valence-corrected chi connectivity index (χ0v) is 28.5. The molecule has 4 aromatic carbocycles. The third-order valence-corrected chi connectivity index (χ3v) is 6.46. The zero-order valence-electron chi connectivity index (χ0n) is 28.5. The number of hydrogen-bond acceptors (Lipinski definition) is 8. The SMILES string of the molecule is [Li+].[Li+].[Li+].[Li+].[Li+].[Li+].[Li+].[Li+].[O-]/C1=C(\[O-])c2ccc(cc2)/C([O-])=C(/[O-])c2ccc(cc2)/C([O-])=C(/[O-])c2ccc(cc2)/C([O-])=C(/[O-])c2ccc1cc2. The van der Waals surface area contributed by atoms with E-state index in [0.29, 0.717) is 0 Å². The third kappa shape index (κ3) is 11.5. The van der Waals surface area contributed by atoms with Gasteiger partial charge in [-0.2, -0.15) is 0 Å². The van der Waals surface area contributed by atoms with Crippen LogP contribution >= 0.6 is 0 Å². The van der Waals surface area contributed by atoms with Gasteiger partial charge in [0.1, 0.15) is 0 Å². The Kier molecular flexibility index (Phi) is 26.3. The van der Waals surface area contributed by atoms with Crippen molar-refractivity contribution in [2.75, 3.05) is 0 Å². The topological polar surface area (TPSA) is 184 Å². The molecular formula is C32H16Li8O8. The minimum absolute atomic E-state index is 0. The fourth-order valence-corrected chi connectivity index (χ4v) is 4.14. The first-order chi connectivity index (χ1) is 19.2. The first-order valence-corrected chi connectivity index (χ1v) is 11.9. The molecule has 0 aromatic heterocycles. The molecule has 48 heavy (non-hydrogen) atoms. The van der Waals surface area contributed by atoms with Crippen LogP contribution in [0.3, 0.4) is 0 Å². The first kappa shape index (κ1) is 53.8. The Morgan fingerprint density at radius 1 is 0.167 bits per heavy atom. The molecule has 0 unspecified atom stereocenters. The van der Waals surface area contributed by atoms with Crippen LogP contribution in [0.25, 0.3) is 46.1 Å². The van der Waals surface area contributed by atoms with Crippen LogP contribution in [0.4, 0.5) is 0 Å². The Morgan fingerprint density at radius 2 is 0.229 bits per heavy atom. The molecule has 0 heterocycles. The van der Waals surface area contributed by atoms with Crippen molar-refractivity contribution in [2.45, 2.75) is 0 Å². The number of benzene rings is 4. The summed E-state index contributed by atoms with van der Waals surface area (Å²) in [6.07, 6.45) is 0. The quantitative estimate of drug-likeness (QED) is 0.183. The summed E-state index contributed by atoms with van der Waals surface area (Å²) in [5, 5.41) is 102. The standard InChI is InChI=1S/C32H24O8.8Li/c33-25-17-1-2-18(4-3-17)26(34)28(36)20-9-11-22(12-10-20)30(38)32(40)24-15-13-23(14-16-24)31(39)29(37)21-7-5-19(6-8-21)27(25)35;;;;;;;;/h1-16,33-40H;;;;;;;;/q;8*+1/p-8/b25-17?,26-18?,27-19?,27-25-,28-20?,28-26-,29-21?,30-22?,31-23?,31-29-,32-24?,32-30-;;;;;;;;. The minimum Gasteiger partial charge on any atom is -0.872 e. The van der Waals surface area contributed by atoms with Crippen LogP contribution in [0, 0.1) is 0 Å². The van der Waals surface area contributed by atoms with E-state index in [0.717, 1.165) is 0 Å². The molecule has 0 amide bonds. The average molecular weight is 584 g/mol. The van der Waals surface area contributed by atoms with Crippen molar-refractivity contribution in [3.8, 4) is 0 Å². The largest absolute Gasteiger partial charge is 1.00 e. The second-order valence-corrected chi connectivity index (χ2v) is 8.94. The Hall–Kier alpha value is -0.981. The predicted molar refractivity (Wildman–Crippen MR) is 133 cm³/mol. The molecule has 0 N–H and O–H groups in total. The summed E-state index contributed by atoms with van der Waals surface area (Å²) < 4.78 is 0. The van der Waals surface area contributed by atoms with E-state index < -0.39 is 46.1 Å². The molecule has 0 spiro atoms. The molecule has 0 radical (unpaired) electrons. The van der Waals surface area contributed by atoms with E-state index in [1.807, 2.05) is 0 Å². The van der Waals surface area contributed by atoms with E-state index in [1.165, 1.54) is 97.1 Å². The Bertz CT molecular complexity index is 1350. The molecule has 11 rings (SSSR count). The van der Waals surface area contributed by atoms with Crippen molar-refractivity contribution in [3.63, 3.8) is 0 Å². The monoisotopic (exact) mass is 584 g/mol. The molecule has 0 fully saturated rings. The summed E-state index contributed by atoms with van der Waals surface area (Å²) in [7, 11) is 0. The number of rotatable bonds is 0. The molecule has 16 heteroatoms. The molecule has 7 aliphatic carbocycles. The van der Waals surface area contributed by atoms with Crippen molar-refractivity contribution in [1.29, 1.82) is 0 Å². The van der Waals surface area contributed by atoms with Gasteiger partial charge in [0.25, 0.3) is 0 Å². The van der Waals surface area contributed by atoms with E-state index in [-0.39, 0.29) is 195 Å². The molecule has 8 nitrogen and oxygen atoms in total. The van der Waals surface area contributed by atoms with Crippen molar-refractivity contribution in [3.05, 3.63) is 142 Å². The fourth-order valence-electron chi connectivity index (χ4n) is 4.14. The maximum Gasteiger partial charge on any atom is 1.00 e. The van der Waals surface area contributed by atoms with E-state index in [1.54, 1.807) is 0 Å². The Balaban J connectivity index is -0.00000121. The van der Waals surface area contributed by atoms with E-state index in [9.17, 15) is 40.9 Å². The van der Waals surface area contributed by atoms with Crippen molar-refractivity contribution in [2.24, 2.45) is 0 Å². The van der Waals surface area contributed by atoms with Gasteiger partial charge in [0, 0.05) is 0 Å². The van der Waals surface area contributed by atoms with Crippen molar-refractivity contribution in [1.82, 2.24) is 0 Å². The number of hydrogen-bond donors (Lipinski definition) is 0. The molecule has 7 aliphatic rings. The van der Waals surface area contributed by atoms with Crippen LogP contribution in [0.15, 0.2) is 97.1 Å². The predicted octanol–water partition coefficient (Wildman–Crippen LogP) is -25.8. The zero-order chi connectivity index (χ0) is 28.6. The maximum absolute atomic E-state index is 12.7. The molecule has 0 saturated carbocycles. The minimum atomic E-state index is -0.871. The summed E-state index contributed by atoms with van der Waals surface area (Å²) >= 11 is 0.